The number of benzene rings is 1. The highest BCUT2D eigenvalue weighted by molar-refractivity contribution is 5.23. The van der Waals surface area contributed by atoms with Crippen LogP contribution in [0.1, 0.15) is 37.3 Å². The van der Waals surface area contributed by atoms with E-state index in [-0.39, 0.29) is 23.5 Å². The fraction of sp³-hybridized carbons (Fsp3) is 0.524. The van der Waals surface area contributed by atoms with E-state index >= 15 is 0 Å². The third-order valence-electron chi connectivity index (χ3n) is 5.73. The Bertz CT molecular complexity index is 1060. The summed E-state index contributed by atoms with van der Waals surface area (Å²) in [6.45, 7) is 0.823. The zero-order chi connectivity index (χ0) is 24.4. The van der Waals surface area contributed by atoms with Gasteiger partial charge < -0.3 is 30.4 Å². The van der Waals surface area contributed by atoms with Crippen molar-refractivity contribution in [2.75, 3.05) is 6.61 Å². The number of hydrogen-bond acceptors (Lipinski definition) is 9. The second kappa shape index (κ2) is 9.81. The molecule has 1 aromatic carbocycles. The topological polar surface area (TPSA) is 168 Å². The van der Waals surface area contributed by atoms with E-state index in [0.29, 0.717) is 23.0 Å². The van der Waals surface area contributed by atoms with Gasteiger partial charge in [-0.2, -0.15) is 0 Å². The number of H-pyrrole nitrogens is 1. The monoisotopic (exact) mass is 469 g/mol. The lowest BCUT2D eigenvalue weighted by atomic mass is 9.99. The summed E-state index contributed by atoms with van der Waals surface area (Å²) in [6.07, 6.45) is -4.73. The Balaban J connectivity index is 2.12. The summed E-state index contributed by atoms with van der Waals surface area (Å²) < 4.78 is 20.2. The van der Waals surface area contributed by atoms with Gasteiger partial charge in [0.05, 0.1) is 6.61 Å². The van der Waals surface area contributed by atoms with E-state index in [1.165, 1.54) is 0 Å². The van der Waals surface area contributed by atoms with E-state index < -0.39 is 48.0 Å². The summed E-state index contributed by atoms with van der Waals surface area (Å²) in [4.78, 5) is 26.9. The first-order valence-corrected chi connectivity index (χ1v) is 10.5. The van der Waals surface area contributed by atoms with Crippen LogP contribution < -0.4 is 11.2 Å². The molecule has 0 radical (unpaired) electrons. The van der Waals surface area contributed by atoms with E-state index in [4.69, 9.17) is 4.74 Å². The second-order valence-electron chi connectivity index (χ2n) is 7.99. The van der Waals surface area contributed by atoms with E-state index in [1.807, 2.05) is 4.98 Å². The van der Waals surface area contributed by atoms with Gasteiger partial charge in [0.1, 0.15) is 12.2 Å². The van der Waals surface area contributed by atoms with Crippen LogP contribution in [0.3, 0.4) is 0 Å². The Labute approximate surface area is 187 Å². The van der Waals surface area contributed by atoms with Gasteiger partial charge in [0.2, 0.25) is 5.72 Å². The molecule has 1 aliphatic rings. The van der Waals surface area contributed by atoms with Crippen molar-refractivity contribution in [2.24, 2.45) is 0 Å². The molecule has 1 aromatic heterocycles. The van der Waals surface area contributed by atoms with Gasteiger partial charge in [-0.05, 0) is 18.4 Å². The highest BCUT2D eigenvalue weighted by Gasteiger charge is 2.71. The van der Waals surface area contributed by atoms with Gasteiger partial charge in [0.15, 0.2) is 6.30 Å². The SMILES string of the molecule is CCCCC(F)N(O)[C@@]1(O)[C@H](O)[C@@H](CO)O[C@@]1(O)n1cc(Cc2ccccc2)c(=O)[nH]c1=O. The Morgan fingerprint density at radius 1 is 1.27 bits per heavy atom. The van der Waals surface area contributed by atoms with E-state index in [9.17, 15) is 39.6 Å². The molecule has 6 N–H and O–H groups in total. The highest BCUT2D eigenvalue weighted by atomic mass is 19.1. The average Bonchev–Trinajstić information content (AvgIpc) is 3.01. The number of aromatic nitrogens is 2. The molecule has 2 heterocycles. The lowest BCUT2D eigenvalue weighted by Crippen LogP contribution is -2.69. The molecule has 0 aliphatic carbocycles. The number of ether oxygens (including phenoxy) is 1. The molecule has 11 nitrogen and oxygen atoms in total. The Kier molecular flexibility index (Phi) is 7.49. The number of nitrogens with one attached hydrogen (secondary N) is 1. The summed E-state index contributed by atoms with van der Waals surface area (Å²) in [5.41, 5.74) is -4.71. The number of rotatable bonds is 9. The van der Waals surface area contributed by atoms with Crippen LogP contribution in [0, 0.1) is 0 Å². The minimum absolute atomic E-state index is 0.0159. The van der Waals surface area contributed by atoms with Gasteiger partial charge in [-0.3, -0.25) is 9.78 Å². The van der Waals surface area contributed by atoms with Crippen molar-refractivity contribution in [3.63, 3.8) is 0 Å². The first kappa shape index (κ1) is 25.2. The minimum atomic E-state index is -3.32. The standard InChI is InChI=1S/C21H28FN3O8/c1-2-3-9-16(22)25(32)20(30)17(27)15(12-26)33-21(20,31)24-11-14(18(28)23-19(24)29)10-13-7-5-4-6-8-13/h4-8,11,15-17,26-27,30-32H,2-3,9-10,12H2,1H3,(H,23,28,29)/t15-,16?,17-,20-,21-/m1/s1. The number of hydroxylamine groups is 2. The lowest BCUT2D eigenvalue weighted by Gasteiger charge is -2.43. The molecule has 1 aliphatic heterocycles. The van der Waals surface area contributed by atoms with E-state index in [0.717, 1.165) is 6.20 Å². The third kappa shape index (κ3) is 4.38. The van der Waals surface area contributed by atoms with E-state index in [1.54, 1.807) is 37.3 Å². The quantitative estimate of drug-likeness (QED) is 0.159. The van der Waals surface area contributed by atoms with Crippen molar-refractivity contribution in [3.8, 4) is 0 Å². The third-order valence-corrected chi connectivity index (χ3v) is 5.73. The summed E-state index contributed by atoms with van der Waals surface area (Å²) in [6, 6.07) is 8.66. The maximum Gasteiger partial charge on any atom is 0.332 e. The van der Waals surface area contributed by atoms with Gasteiger partial charge >= 0.3 is 11.6 Å². The van der Waals surface area contributed by atoms with Crippen molar-refractivity contribution in [2.45, 2.75) is 62.7 Å². The molecule has 1 fully saturated rings. The maximum absolute atomic E-state index is 14.7. The summed E-state index contributed by atoms with van der Waals surface area (Å²) in [5.74, 6) is -3.28. The number of aliphatic hydroxyl groups excluding tert-OH is 2. The van der Waals surface area contributed by atoms with Gasteiger partial charge in [0, 0.05) is 18.2 Å². The molecule has 12 heteroatoms. The summed E-state index contributed by atoms with van der Waals surface area (Å²) >= 11 is 0. The van der Waals surface area contributed by atoms with Crippen LogP contribution in [0.15, 0.2) is 46.1 Å². The van der Waals surface area contributed by atoms with Gasteiger partial charge in [0.25, 0.3) is 5.56 Å². The second-order valence-corrected chi connectivity index (χ2v) is 7.99. The number of alkyl halides is 1. The largest absolute Gasteiger partial charge is 0.394 e. The molecule has 1 saturated heterocycles. The molecule has 3 rings (SSSR count). The van der Waals surface area contributed by atoms with Crippen LogP contribution in [0.5, 0.6) is 0 Å². The van der Waals surface area contributed by atoms with Crippen LogP contribution >= 0.6 is 0 Å². The van der Waals surface area contributed by atoms with Crippen molar-refractivity contribution >= 4 is 0 Å². The van der Waals surface area contributed by atoms with Crippen molar-refractivity contribution in [1.29, 1.82) is 0 Å². The number of unbranched alkanes of at least 4 members (excludes halogenated alkanes) is 1. The van der Waals surface area contributed by atoms with Crippen molar-refractivity contribution in [1.82, 2.24) is 14.6 Å². The number of aliphatic hydroxyl groups is 4. The number of aromatic amines is 1. The Hall–Kier alpha value is -2.45. The molecular weight excluding hydrogens is 441 g/mol. The summed E-state index contributed by atoms with van der Waals surface area (Å²) in [5, 5.41) is 52.7. The summed E-state index contributed by atoms with van der Waals surface area (Å²) in [7, 11) is 0. The van der Waals surface area contributed by atoms with Crippen molar-refractivity contribution in [3.05, 3.63) is 68.5 Å². The zero-order valence-corrected chi connectivity index (χ0v) is 18.0. The molecule has 33 heavy (non-hydrogen) atoms. The average molecular weight is 469 g/mol. The molecule has 0 saturated carbocycles. The number of halogens is 1. The van der Waals surface area contributed by atoms with Crippen LogP contribution in [0.2, 0.25) is 0 Å². The Morgan fingerprint density at radius 2 is 1.94 bits per heavy atom. The maximum atomic E-state index is 14.7. The van der Waals surface area contributed by atoms with Crippen LogP contribution in [0.25, 0.3) is 0 Å². The fourth-order valence-corrected chi connectivity index (χ4v) is 3.86. The number of nitrogens with zero attached hydrogens (tertiary/aromatic N) is 2. The molecule has 182 valence electrons. The minimum Gasteiger partial charge on any atom is -0.394 e. The molecule has 2 aromatic rings. The van der Waals surface area contributed by atoms with Gasteiger partial charge in [-0.1, -0.05) is 43.7 Å². The lowest BCUT2D eigenvalue weighted by molar-refractivity contribution is -0.428. The fourth-order valence-electron chi connectivity index (χ4n) is 3.86. The van der Waals surface area contributed by atoms with Gasteiger partial charge in [-0.15, -0.1) is 5.06 Å². The van der Waals surface area contributed by atoms with Crippen LogP contribution in [-0.4, -0.2) is 71.1 Å². The van der Waals surface area contributed by atoms with Crippen LogP contribution in [-0.2, 0) is 17.1 Å². The first-order chi connectivity index (χ1) is 15.6. The highest BCUT2D eigenvalue weighted by Crippen LogP contribution is 2.44. The van der Waals surface area contributed by atoms with Crippen molar-refractivity contribution < 1.29 is 34.8 Å². The normalized spacial score (nSPS) is 28.4. The van der Waals surface area contributed by atoms with Gasteiger partial charge in [-0.25, -0.2) is 13.8 Å². The molecule has 0 spiro atoms. The Morgan fingerprint density at radius 3 is 2.55 bits per heavy atom. The first-order valence-electron chi connectivity index (χ1n) is 10.5. The smallest absolute Gasteiger partial charge is 0.332 e. The van der Waals surface area contributed by atoms with E-state index in [2.05, 4.69) is 0 Å². The number of hydrogen-bond donors (Lipinski definition) is 6. The molecule has 0 amide bonds. The predicted molar refractivity (Wildman–Crippen MR) is 112 cm³/mol. The predicted octanol–water partition coefficient (Wildman–Crippen LogP) is -0.652. The molecular formula is C21H28FN3O8. The molecule has 1 unspecified atom stereocenters. The van der Waals surface area contributed by atoms with Crippen LogP contribution in [0.4, 0.5) is 4.39 Å². The molecule has 5 atom stereocenters. The molecule has 0 bridgehead atoms. The zero-order valence-electron chi connectivity index (χ0n) is 18.0.